The van der Waals surface area contributed by atoms with Gasteiger partial charge in [0.1, 0.15) is 0 Å². The zero-order valence-corrected chi connectivity index (χ0v) is 16.5. The number of rotatable bonds is 6. The minimum atomic E-state index is -0.0394. The number of hydrogen-bond donors (Lipinski definition) is 3. The highest BCUT2D eigenvalue weighted by Crippen LogP contribution is 2.32. The molecule has 6 nitrogen and oxygen atoms in total. The van der Waals surface area contributed by atoms with Crippen molar-refractivity contribution >= 4 is 11.8 Å². The molecule has 2 heterocycles. The summed E-state index contributed by atoms with van der Waals surface area (Å²) in [5, 5.41) is 2.76. The van der Waals surface area contributed by atoms with Crippen molar-refractivity contribution in [1.82, 2.24) is 21.1 Å². The van der Waals surface area contributed by atoms with Crippen LogP contribution in [0.4, 0.5) is 0 Å². The van der Waals surface area contributed by atoms with E-state index in [1.54, 1.807) is 0 Å². The number of piperidine rings is 1. The number of carbonyl (C=O) groups excluding carboxylic acids is 2. The van der Waals surface area contributed by atoms with Gasteiger partial charge in [0, 0.05) is 51.5 Å². The second-order valence-corrected chi connectivity index (χ2v) is 7.90. The first kappa shape index (κ1) is 19.8. The van der Waals surface area contributed by atoms with E-state index in [0.717, 1.165) is 32.5 Å². The fourth-order valence-electron chi connectivity index (χ4n) is 4.29. The smallest absolute Gasteiger partial charge is 0.222 e. The molecule has 1 aromatic carbocycles. The topological polar surface area (TPSA) is 73.5 Å². The number of hydrazine groups is 1. The molecule has 0 aromatic heterocycles. The molecule has 2 aliphatic rings. The predicted molar refractivity (Wildman–Crippen MR) is 106 cm³/mol. The van der Waals surface area contributed by atoms with Crippen molar-refractivity contribution in [2.75, 3.05) is 26.2 Å². The largest absolute Gasteiger partial charge is 0.356 e. The molecule has 3 atom stereocenters. The van der Waals surface area contributed by atoms with Gasteiger partial charge in [-0.3, -0.25) is 20.4 Å². The number of benzene rings is 1. The van der Waals surface area contributed by atoms with Crippen LogP contribution in [-0.2, 0) is 9.59 Å². The standard InChI is InChI=1S/C21H32N4O2/c1-15-7-9-17(10-8-15)19-13-23-24-21(19)18-5-4-12-25(14-18)20(27)6-3-11-22-16(2)26/h7-10,18-19,21,23-24H,3-6,11-14H2,1-2H3,(H,22,26). The maximum atomic E-state index is 12.6. The molecule has 0 aliphatic carbocycles. The monoisotopic (exact) mass is 372 g/mol. The summed E-state index contributed by atoms with van der Waals surface area (Å²) in [7, 11) is 0. The summed E-state index contributed by atoms with van der Waals surface area (Å²) < 4.78 is 0. The number of nitrogens with one attached hydrogen (secondary N) is 3. The van der Waals surface area contributed by atoms with E-state index in [1.807, 2.05) is 4.90 Å². The summed E-state index contributed by atoms with van der Waals surface area (Å²) in [6.07, 6.45) is 3.41. The molecule has 2 aliphatic heterocycles. The van der Waals surface area contributed by atoms with Gasteiger partial charge in [-0.05, 0) is 37.7 Å². The van der Waals surface area contributed by atoms with E-state index < -0.39 is 0 Å². The lowest BCUT2D eigenvalue weighted by Gasteiger charge is -2.37. The van der Waals surface area contributed by atoms with Crippen molar-refractivity contribution in [3.8, 4) is 0 Å². The minimum Gasteiger partial charge on any atom is -0.356 e. The van der Waals surface area contributed by atoms with Gasteiger partial charge in [0.2, 0.25) is 11.8 Å². The van der Waals surface area contributed by atoms with Crippen molar-refractivity contribution in [1.29, 1.82) is 0 Å². The van der Waals surface area contributed by atoms with E-state index in [2.05, 4.69) is 47.4 Å². The van der Waals surface area contributed by atoms with Crippen LogP contribution in [0.3, 0.4) is 0 Å². The van der Waals surface area contributed by atoms with Crippen molar-refractivity contribution in [2.24, 2.45) is 5.92 Å². The second kappa shape index (κ2) is 9.33. The first-order chi connectivity index (χ1) is 13.0. The van der Waals surface area contributed by atoms with Gasteiger partial charge in [-0.15, -0.1) is 0 Å². The molecular weight excluding hydrogens is 340 g/mol. The van der Waals surface area contributed by atoms with Gasteiger partial charge >= 0.3 is 0 Å². The Morgan fingerprint density at radius 1 is 1.26 bits per heavy atom. The molecule has 148 valence electrons. The lowest BCUT2D eigenvalue weighted by molar-refractivity contribution is -0.133. The van der Waals surface area contributed by atoms with E-state index in [-0.39, 0.29) is 11.8 Å². The Balaban J connectivity index is 1.55. The summed E-state index contributed by atoms with van der Waals surface area (Å²) in [5.74, 6) is 1.06. The third-order valence-corrected chi connectivity index (χ3v) is 5.79. The third kappa shape index (κ3) is 5.30. The molecule has 0 bridgehead atoms. The summed E-state index contributed by atoms with van der Waals surface area (Å²) in [6.45, 7) is 6.79. The Hall–Kier alpha value is -1.92. The maximum absolute atomic E-state index is 12.6. The quantitative estimate of drug-likeness (QED) is 0.665. The van der Waals surface area contributed by atoms with E-state index >= 15 is 0 Å². The van der Waals surface area contributed by atoms with Crippen LogP contribution in [0.5, 0.6) is 0 Å². The SMILES string of the molecule is CC(=O)NCCCC(=O)N1CCCC(C2NNCC2c2ccc(C)cc2)C1. The second-order valence-electron chi connectivity index (χ2n) is 7.90. The Labute approximate surface area is 162 Å². The van der Waals surface area contributed by atoms with Crippen molar-refractivity contribution in [3.63, 3.8) is 0 Å². The van der Waals surface area contributed by atoms with Gasteiger partial charge in [-0.2, -0.15) is 0 Å². The van der Waals surface area contributed by atoms with Crippen LogP contribution < -0.4 is 16.2 Å². The van der Waals surface area contributed by atoms with Gasteiger partial charge < -0.3 is 10.2 Å². The summed E-state index contributed by atoms with van der Waals surface area (Å²) >= 11 is 0. The highest BCUT2D eigenvalue weighted by molar-refractivity contribution is 5.76. The van der Waals surface area contributed by atoms with Gasteiger partial charge in [0.15, 0.2) is 0 Å². The van der Waals surface area contributed by atoms with Crippen molar-refractivity contribution in [3.05, 3.63) is 35.4 Å². The van der Waals surface area contributed by atoms with E-state index in [4.69, 9.17) is 0 Å². The van der Waals surface area contributed by atoms with Crippen molar-refractivity contribution < 1.29 is 9.59 Å². The number of aryl methyl sites for hydroxylation is 1. The van der Waals surface area contributed by atoms with Crippen LogP contribution in [0.25, 0.3) is 0 Å². The highest BCUT2D eigenvalue weighted by Gasteiger charge is 2.37. The molecule has 6 heteroatoms. The predicted octanol–water partition coefficient (Wildman–Crippen LogP) is 1.71. The fraction of sp³-hybridized carbons (Fsp3) is 0.619. The van der Waals surface area contributed by atoms with E-state index in [9.17, 15) is 9.59 Å². The number of carbonyl (C=O) groups is 2. The van der Waals surface area contributed by atoms with Gasteiger partial charge in [0.05, 0.1) is 0 Å². The van der Waals surface area contributed by atoms with E-state index in [0.29, 0.717) is 37.3 Å². The Morgan fingerprint density at radius 3 is 2.78 bits per heavy atom. The fourth-order valence-corrected chi connectivity index (χ4v) is 4.29. The number of likely N-dealkylation sites (tertiary alicyclic amines) is 1. The van der Waals surface area contributed by atoms with Crippen LogP contribution >= 0.6 is 0 Å². The molecule has 3 unspecified atom stereocenters. The first-order valence-electron chi connectivity index (χ1n) is 10.1. The van der Waals surface area contributed by atoms with Gasteiger partial charge in [-0.25, -0.2) is 0 Å². The zero-order valence-electron chi connectivity index (χ0n) is 16.5. The Morgan fingerprint density at radius 2 is 2.04 bits per heavy atom. The molecule has 2 amide bonds. The molecule has 3 N–H and O–H groups in total. The lowest BCUT2D eigenvalue weighted by atomic mass is 9.81. The molecule has 2 saturated heterocycles. The molecular formula is C21H32N4O2. The molecule has 3 rings (SSSR count). The third-order valence-electron chi connectivity index (χ3n) is 5.79. The minimum absolute atomic E-state index is 0.0394. The van der Waals surface area contributed by atoms with Crippen LogP contribution in [0.15, 0.2) is 24.3 Å². The van der Waals surface area contributed by atoms with Crippen molar-refractivity contribution in [2.45, 2.75) is 51.5 Å². The molecule has 0 radical (unpaired) electrons. The Bertz CT molecular complexity index is 646. The Kier molecular flexibility index (Phi) is 6.85. The molecule has 0 saturated carbocycles. The zero-order chi connectivity index (χ0) is 19.2. The van der Waals surface area contributed by atoms with Crippen LogP contribution in [0, 0.1) is 12.8 Å². The number of amides is 2. The van der Waals surface area contributed by atoms with Gasteiger partial charge in [-0.1, -0.05) is 29.8 Å². The average Bonchev–Trinajstić information content (AvgIpc) is 3.15. The molecule has 2 fully saturated rings. The number of hydrogen-bond acceptors (Lipinski definition) is 4. The summed E-state index contributed by atoms with van der Waals surface area (Å²) in [5.41, 5.74) is 9.46. The van der Waals surface area contributed by atoms with Crippen LogP contribution in [-0.4, -0.2) is 48.9 Å². The van der Waals surface area contributed by atoms with Crippen LogP contribution in [0.1, 0.15) is 49.7 Å². The maximum Gasteiger partial charge on any atom is 0.222 e. The lowest BCUT2D eigenvalue weighted by Crippen LogP contribution is -2.48. The summed E-state index contributed by atoms with van der Waals surface area (Å²) in [6, 6.07) is 9.17. The normalized spacial score (nSPS) is 25.4. The molecule has 1 aromatic rings. The van der Waals surface area contributed by atoms with E-state index in [1.165, 1.54) is 18.1 Å². The first-order valence-corrected chi connectivity index (χ1v) is 10.1. The molecule has 0 spiro atoms. The summed E-state index contributed by atoms with van der Waals surface area (Å²) in [4.78, 5) is 25.5. The van der Waals surface area contributed by atoms with Crippen LogP contribution in [0.2, 0.25) is 0 Å². The van der Waals surface area contributed by atoms with Gasteiger partial charge in [0.25, 0.3) is 0 Å². The highest BCUT2D eigenvalue weighted by atomic mass is 16.2. The molecule has 27 heavy (non-hydrogen) atoms. The number of nitrogens with zero attached hydrogens (tertiary/aromatic N) is 1. The average molecular weight is 373 g/mol.